The van der Waals surface area contributed by atoms with E-state index in [-0.39, 0.29) is 17.5 Å². The Labute approximate surface area is 187 Å². The van der Waals surface area contributed by atoms with E-state index in [4.69, 9.17) is 0 Å². The van der Waals surface area contributed by atoms with Gasteiger partial charge in [-0.05, 0) is 40.5 Å². The summed E-state index contributed by atoms with van der Waals surface area (Å²) in [7, 11) is 0. The van der Waals surface area contributed by atoms with E-state index in [1.54, 1.807) is 0 Å². The summed E-state index contributed by atoms with van der Waals surface area (Å²) in [5.41, 5.74) is 0.115. The van der Waals surface area contributed by atoms with Crippen molar-refractivity contribution in [1.29, 1.82) is 0 Å². The highest BCUT2D eigenvalue weighted by Gasteiger charge is 2.44. The van der Waals surface area contributed by atoms with Crippen LogP contribution in [-0.4, -0.2) is 46.2 Å². The van der Waals surface area contributed by atoms with Gasteiger partial charge in [-0.15, -0.1) is 0 Å². The maximum Gasteiger partial charge on any atom is 0.303 e. The standard InChI is InChI=1S/C26H52N2O2/c1-6-7-8-9-10-11-12-13-14-15-16-17-18-23(19-20-24(29)30)28-25(2,3)21-27-22-26(28,4)5/h23,27H,6-22H2,1-5H3,(H,29,30). The summed E-state index contributed by atoms with van der Waals surface area (Å²) in [5, 5.41) is 12.8. The maximum atomic E-state index is 11.3. The summed E-state index contributed by atoms with van der Waals surface area (Å²) in [4.78, 5) is 13.9. The highest BCUT2D eigenvalue weighted by Crippen LogP contribution is 2.34. The van der Waals surface area contributed by atoms with Crippen molar-refractivity contribution >= 4 is 5.97 Å². The predicted octanol–water partition coefficient (Wildman–Crippen LogP) is 6.77. The number of nitrogens with one attached hydrogen (secondary N) is 1. The van der Waals surface area contributed by atoms with Gasteiger partial charge < -0.3 is 10.4 Å². The molecular formula is C26H52N2O2. The van der Waals surface area contributed by atoms with Crippen LogP contribution in [0.25, 0.3) is 0 Å². The first-order chi connectivity index (χ1) is 14.2. The average Bonchev–Trinajstić information content (AvgIpc) is 2.65. The van der Waals surface area contributed by atoms with Gasteiger partial charge in [-0.1, -0.05) is 84.0 Å². The Morgan fingerprint density at radius 1 is 0.800 bits per heavy atom. The van der Waals surface area contributed by atoms with Crippen molar-refractivity contribution in [2.75, 3.05) is 13.1 Å². The van der Waals surface area contributed by atoms with E-state index in [1.165, 1.54) is 77.0 Å². The number of unbranched alkanes of at least 4 members (excludes halogenated alkanes) is 11. The number of rotatable bonds is 17. The second-order valence-electron chi connectivity index (χ2n) is 10.9. The third kappa shape index (κ3) is 10.6. The third-order valence-corrected chi connectivity index (χ3v) is 6.87. The van der Waals surface area contributed by atoms with Crippen LogP contribution in [0.4, 0.5) is 0 Å². The molecule has 2 N–H and O–H groups in total. The molecule has 1 saturated heterocycles. The van der Waals surface area contributed by atoms with Crippen molar-refractivity contribution < 1.29 is 9.90 Å². The number of hydrogen-bond acceptors (Lipinski definition) is 3. The fourth-order valence-electron chi connectivity index (χ4n) is 5.57. The molecule has 0 aromatic heterocycles. The zero-order valence-electron chi connectivity index (χ0n) is 20.9. The Bertz CT molecular complexity index is 446. The monoisotopic (exact) mass is 424 g/mol. The fraction of sp³-hybridized carbons (Fsp3) is 0.962. The second-order valence-corrected chi connectivity index (χ2v) is 10.9. The molecule has 0 amide bonds. The van der Waals surface area contributed by atoms with Gasteiger partial charge in [-0.25, -0.2) is 0 Å². The van der Waals surface area contributed by atoms with Gasteiger partial charge in [0.25, 0.3) is 0 Å². The molecule has 1 aliphatic rings. The molecule has 0 radical (unpaired) electrons. The summed E-state index contributed by atoms with van der Waals surface area (Å²) < 4.78 is 0. The van der Waals surface area contributed by atoms with Crippen LogP contribution < -0.4 is 5.32 Å². The van der Waals surface area contributed by atoms with Crippen LogP contribution in [0.3, 0.4) is 0 Å². The summed E-state index contributed by atoms with van der Waals surface area (Å²) in [5.74, 6) is -0.666. The van der Waals surface area contributed by atoms with E-state index in [9.17, 15) is 9.90 Å². The Morgan fingerprint density at radius 3 is 1.67 bits per heavy atom. The molecule has 0 aliphatic carbocycles. The predicted molar refractivity (Wildman–Crippen MR) is 129 cm³/mol. The minimum absolute atomic E-state index is 0.0576. The molecule has 1 heterocycles. The first-order valence-electron chi connectivity index (χ1n) is 12.9. The number of carbonyl (C=O) groups is 1. The van der Waals surface area contributed by atoms with Gasteiger partial charge >= 0.3 is 5.97 Å². The highest BCUT2D eigenvalue weighted by molar-refractivity contribution is 5.66. The molecule has 1 atom stereocenters. The number of carboxylic acids is 1. The molecule has 30 heavy (non-hydrogen) atoms. The largest absolute Gasteiger partial charge is 0.481 e. The van der Waals surface area contributed by atoms with Gasteiger partial charge in [-0.3, -0.25) is 9.69 Å². The molecule has 1 fully saturated rings. The van der Waals surface area contributed by atoms with E-state index in [1.807, 2.05) is 0 Å². The summed E-state index contributed by atoms with van der Waals surface area (Å²) in [6, 6.07) is 0.358. The van der Waals surface area contributed by atoms with Crippen molar-refractivity contribution in [1.82, 2.24) is 10.2 Å². The van der Waals surface area contributed by atoms with Gasteiger partial charge in [0.05, 0.1) is 0 Å². The Morgan fingerprint density at radius 2 is 1.23 bits per heavy atom. The van der Waals surface area contributed by atoms with Gasteiger partial charge in [0.1, 0.15) is 0 Å². The normalized spacial score (nSPS) is 19.6. The van der Waals surface area contributed by atoms with Crippen LogP contribution in [0.1, 0.15) is 131 Å². The zero-order chi connectivity index (χ0) is 22.5. The lowest BCUT2D eigenvalue weighted by Crippen LogP contribution is -2.70. The van der Waals surface area contributed by atoms with Gasteiger partial charge in [0, 0.05) is 36.6 Å². The van der Waals surface area contributed by atoms with E-state index >= 15 is 0 Å². The molecule has 1 unspecified atom stereocenters. The van der Waals surface area contributed by atoms with Crippen LogP contribution >= 0.6 is 0 Å². The molecule has 0 aromatic rings. The molecule has 1 aliphatic heterocycles. The van der Waals surface area contributed by atoms with Crippen LogP contribution in [0.5, 0.6) is 0 Å². The Kier molecular flexibility index (Phi) is 13.2. The van der Waals surface area contributed by atoms with Crippen molar-refractivity contribution in [3.8, 4) is 0 Å². The molecular weight excluding hydrogens is 372 g/mol. The topological polar surface area (TPSA) is 52.6 Å². The summed E-state index contributed by atoms with van der Waals surface area (Å²) in [6.45, 7) is 13.4. The van der Waals surface area contributed by atoms with E-state index < -0.39 is 5.97 Å². The second kappa shape index (κ2) is 14.5. The lowest BCUT2D eigenvalue weighted by Gasteiger charge is -2.56. The average molecular weight is 425 g/mol. The molecule has 1 rings (SSSR count). The quantitative estimate of drug-likeness (QED) is 0.253. The molecule has 178 valence electrons. The highest BCUT2D eigenvalue weighted by atomic mass is 16.4. The van der Waals surface area contributed by atoms with Crippen LogP contribution in [0.15, 0.2) is 0 Å². The minimum atomic E-state index is -0.666. The fourth-order valence-corrected chi connectivity index (χ4v) is 5.57. The molecule has 0 bridgehead atoms. The molecule has 0 spiro atoms. The van der Waals surface area contributed by atoms with Crippen molar-refractivity contribution in [2.45, 2.75) is 148 Å². The van der Waals surface area contributed by atoms with Crippen molar-refractivity contribution in [2.24, 2.45) is 0 Å². The molecule has 0 saturated carbocycles. The van der Waals surface area contributed by atoms with Crippen molar-refractivity contribution in [3.05, 3.63) is 0 Å². The Balaban J connectivity index is 2.33. The number of hydrogen-bond donors (Lipinski definition) is 2. The number of carboxylic acid groups (broad SMARTS) is 1. The van der Waals surface area contributed by atoms with Gasteiger partial charge in [0.2, 0.25) is 0 Å². The minimum Gasteiger partial charge on any atom is -0.481 e. The van der Waals surface area contributed by atoms with Gasteiger partial charge in [-0.2, -0.15) is 0 Å². The third-order valence-electron chi connectivity index (χ3n) is 6.87. The van der Waals surface area contributed by atoms with Gasteiger partial charge in [0.15, 0.2) is 0 Å². The van der Waals surface area contributed by atoms with E-state index in [0.29, 0.717) is 6.04 Å². The van der Waals surface area contributed by atoms with E-state index in [2.05, 4.69) is 44.8 Å². The summed E-state index contributed by atoms with van der Waals surface area (Å²) in [6.07, 6.45) is 18.5. The number of aliphatic carboxylic acids is 1. The van der Waals surface area contributed by atoms with E-state index in [0.717, 1.165) is 25.9 Å². The molecule has 4 heteroatoms. The van der Waals surface area contributed by atoms with Crippen LogP contribution in [0, 0.1) is 0 Å². The smallest absolute Gasteiger partial charge is 0.303 e. The molecule has 4 nitrogen and oxygen atoms in total. The van der Waals surface area contributed by atoms with Crippen LogP contribution in [-0.2, 0) is 4.79 Å². The zero-order valence-corrected chi connectivity index (χ0v) is 20.9. The number of nitrogens with zero attached hydrogens (tertiary/aromatic N) is 1. The summed E-state index contributed by atoms with van der Waals surface area (Å²) >= 11 is 0. The number of piperazine rings is 1. The lowest BCUT2D eigenvalue weighted by molar-refractivity contribution is -0.138. The van der Waals surface area contributed by atoms with Crippen LogP contribution in [0.2, 0.25) is 0 Å². The molecule has 0 aromatic carbocycles. The Hall–Kier alpha value is -0.610. The SMILES string of the molecule is CCCCCCCCCCCCCCC(CCC(=O)O)N1C(C)(C)CNCC1(C)C. The maximum absolute atomic E-state index is 11.3. The first kappa shape index (κ1) is 27.4. The first-order valence-corrected chi connectivity index (χ1v) is 12.9. The lowest BCUT2D eigenvalue weighted by atomic mass is 9.84. The van der Waals surface area contributed by atoms with Crippen molar-refractivity contribution in [3.63, 3.8) is 0 Å².